The molecule has 0 radical (unpaired) electrons. The second-order valence-corrected chi connectivity index (χ2v) is 6.61. The van der Waals surface area contributed by atoms with Gasteiger partial charge < -0.3 is 5.11 Å². The molecule has 1 aromatic heterocycles. The van der Waals surface area contributed by atoms with Crippen molar-refractivity contribution >= 4 is 5.71 Å². The fourth-order valence-electron chi connectivity index (χ4n) is 3.32. The lowest BCUT2D eigenvalue weighted by Crippen LogP contribution is -2.33. The van der Waals surface area contributed by atoms with E-state index in [1.807, 2.05) is 36.5 Å². The van der Waals surface area contributed by atoms with E-state index in [4.69, 9.17) is 4.99 Å². The Hall–Kier alpha value is -2.98. The summed E-state index contributed by atoms with van der Waals surface area (Å²) in [5, 5.41) is 13.9. The van der Waals surface area contributed by atoms with E-state index >= 15 is 0 Å². The number of aromatic nitrogens is 1. The maximum absolute atomic E-state index is 10.3. The Morgan fingerprint density at radius 3 is 2.54 bits per heavy atom. The van der Waals surface area contributed by atoms with Crippen molar-refractivity contribution in [1.29, 1.82) is 0 Å². The van der Waals surface area contributed by atoms with Crippen molar-refractivity contribution < 1.29 is 5.11 Å². The van der Waals surface area contributed by atoms with Gasteiger partial charge in [0.15, 0.2) is 0 Å². The molecule has 1 aliphatic rings. The fraction of sp³-hybridized carbons (Fsp3) is 0.182. The number of aliphatic imine (C=N–C) groups is 1. The third kappa shape index (κ3) is 3.37. The van der Waals surface area contributed by atoms with Gasteiger partial charge in [0, 0.05) is 41.7 Å². The fourth-order valence-corrected chi connectivity index (χ4v) is 3.32. The normalized spacial score (nSPS) is 19.8. The lowest BCUT2D eigenvalue weighted by molar-refractivity contribution is 0.412. The van der Waals surface area contributed by atoms with Gasteiger partial charge in [-0.3, -0.25) is 15.3 Å². The van der Waals surface area contributed by atoms with Crippen molar-refractivity contribution in [1.82, 2.24) is 10.3 Å². The standard InChI is InChI=1S/C22H21N3O/c1-15-8-10-16(11-9-15)19-13-20(18-6-2-3-7-21(18)26)25-22(24-19)17-5-4-12-23-14-17/h2-12,14,20,22,25-26H,13H2,1H3. The van der Waals surface area contributed by atoms with Gasteiger partial charge in [-0.2, -0.15) is 0 Å². The number of benzene rings is 2. The van der Waals surface area contributed by atoms with Crippen LogP contribution >= 0.6 is 0 Å². The van der Waals surface area contributed by atoms with Crippen LogP contribution in [0.1, 0.15) is 40.9 Å². The molecule has 0 spiro atoms. The van der Waals surface area contributed by atoms with Gasteiger partial charge in [0.05, 0.1) is 0 Å². The van der Waals surface area contributed by atoms with Gasteiger partial charge >= 0.3 is 0 Å². The Balaban J connectivity index is 1.75. The molecule has 0 saturated carbocycles. The van der Waals surface area contributed by atoms with Crippen LogP contribution in [0.4, 0.5) is 0 Å². The van der Waals surface area contributed by atoms with E-state index in [2.05, 4.69) is 41.5 Å². The van der Waals surface area contributed by atoms with Crippen molar-refractivity contribution in [3.63, 3.8) is 0 Å². The predicted molar refractivity (Wildman–Crippen MR) is 103 cm³/mol. The van der Waals surface area contributed by atoms with E-state index < -0.39 is 0 Å². The molecule has 130 valence electrons. The topological polar surface area (TPSA) is 57.5 Å². The van der Waals surface area contributed by atoms with Gasteiger partial charge in [0.2, 0.25) is 0 Å². The van der Waals surface area contributed by atoms with E-state index in [0.717, 1.165) is 28.8 Å². The maximum Gasteiger partial charge on any atom is 0.127 e. The maximum atomic E-state index is 10.3. The van der Waals surface area contributed by atoms with Gasteiger partial charge in [-0.25, -0.2) is 0 Å². The van der Waals surface area contributed by atoms with E-state index in [-0.39, 0.29) is 12.2 Å². The molecular weight excluding hydrogens is 322 g/mol. The first kappa shape index (κ1) is 16.5. The van der Waals surface area contributed by atoms with Crippen molar-refractivity contribution in [3.05, 3.63) is 95.3 Å². The van der Waals surface area contributed by atoms with Crippen LogP contribution in [-0.2, 0) is 0 Å². The SMILES string of the molecule is Cc1ccc(C2=NC(c3cccnc3)NC(c3ccccc3O)C2)cc1. The zero-order valence-electron chi connectivity index (χ0n) is 14.6. The number of pyridine rings is 1. The summed E-state index contributed by atoms with van der Waals surface area (Å²) in [6.45, 7) is 2.08. The Bertz CT molecular complexity index is 920. The summed E-state index contributed by atoms with van der Waals surface area (Å²) >= 11 is 0. The molecule has 26 heavy (non-hydrogen) atoms. The number of nitrogens with one attached hydrogen (secondary N) is 1. The summed E-state index contributed by atoms with van der Waals surface area (Å²) in [5.41, 5.74) is 5.28. The summed E-state index contributed by atoms with van der Waals surface area (Å²) in [7, 11) is 0. The van der Waals surface area contributed by atoms with Crippen molar-refractivity contribution in [2.75, 3.05) is 0 Å². The first-order valence-corrected chi connectivity index (χ1v) is 8.78. The predicted octanol–water partition coefficient (Wildman–Crippen LogP) is 4.32. The van der Waals surface area contributed by atoms with Crippen LogP contribution in [0.15, 0.2) is 78.0 Å². The minimum Gasteiger partial charge on any atom is -0.508 e. The lowest BCUT2D eigenvalue weighted by atomic mass is 9.93. The third-order valence-corrected chi connectivity index (χ3v) is 4.74. The molecule has 0 fully saturated rings. The number of hydrogen-bond donors (Lipinski definition) is 2. The van der Waals surface area contributed by atoms with Crippen LogP contribution in [0, 0.1) is 6.92 Å². The van der Waals surface area contributed by atoms with Crippen LogP contribution in [0.3, 0.4) is 0 Å². The summed E-state index contributed by atoms with van der Waals surface area (Å²) in [6, 6.07) is 19.8. The van der Waals surface area contributed by atoms with Gasteiger partial charge in [-0.15, -0.1) is 0 Å². The van der Waals surface area contributed by atoms with Crippen molar-refractivity contribution in [2.45, 2.75) is 25.6 Å². The molecule has 0 aliphatic carbocycles. The smallest absolute Gasteiger partial charge is 0.127 e. The molecule has 4 nitrogen and oxygen atoms in total. The molecule has 0 bridgehead atoms. The molecule has 2 heterocycles. The molecule has 0 saturated heterocycles. The molecule has 2 unspecified atom stereocenters. The number of rotatable bonds is 3. The largest absolute Gasteiger partial charge is 0.508 e. The third-order valence-electron chi connectivity index (χ3n) is 4.74. The van der Waals surface area contributed by atoms with Gasteiger partial charge in [0.1, 0.15) is 11.9 Å². The van der Waals surface area contributed by atoms with Gasteiger partial charge in [-0.1, -0.05) is 54.1 Å². The van der Waals surface area contributed by atoms with Crippen LogP contribution in [-0.4, -0.2) is 15.8 Å². The number of para-hydroxylation sites is 1. The zero-order valence-corrected chi connectivity index (χ0v) is 14.6. The molecule has 2 atom stereocenters. The number of aromatic hydroxyl groups is 1. The molecule has 4 rings (SSSR count). The Morgan fingerprint density at radius 1 is 1.00 bits per heavy atom. The number of aryl methyl sites for hydroxylation is 1. The molecular formula is C22H21N3O. The number of hydrogen-bond acceptors (Lipinski definition) is 4. The molecule has 4 heteroatoms. The minimum atomic E-state index is -0.196. The highest BCUT2D eigenvalue weighted by molar-refractivity contribution is 6.01. The van der Waals surface area contributed by atoms with Gasteiger partial charge in [0.25, 0.3) is 0 Å². The van der Waals surface area contributed by atoms with Crippen LogP contribution < -0.4 is 5.32 Å². The Morgan fingerprint density at radius 2 is 1.81 bits per heavy atom. The summed E-state index contributed by atoms with van der Waals surface area (Å²) in [6.07, 6.45) is 4.12. The average molecular weight is 343 g/mol. The summed E-state index contributed by atoms with van der Waals surface area (Å²) < 4.78 is 0. The highest BCUT2D eigenvalue weighted by Gasteiger charge is 2.27. The number of nitrogens with zero attached hydrogens (tertiary/aromatic N) is 2. The molecule has 0 amide bonds. The van der Waals surface area contributed by atoms with Crippen LogP contribution in [0.2, 0.25) is 0 Å². The second-order valence-electron chi connectivity index (χ2n) is 6.61. The quantitative estimate of drug-likeness (QED) is 0.745. The summed E-state index contributed by atoms with van der Waals surface area (Å²) in [5.74, 6) is 0.306. The molecule has 3 aromatic rings. The molecule has 1 aliphatic heterocycles. The average Bonchev–Trinajstić information content (AvgIpc) is 2.69. The first-order valence-electron chi connectivity index (χ1n) is 8.78. The van der Waals surface area contributed by atoms with E-state index in [1.165, 1.54) is 5.56 Å². The highest BCUT2D eigenvalue weighted by atomic mass is 16.3. The minimum absolute atomic E-state index is 0.0183. The zero-order chi connectivity index (χ0) is 17.9. The van der Waals surface area contributed by atoms with Crippen molar-refractivity contribution in [3.8, 4) is 5.75 Å². The molecule has 2 N–H and O–H groups in total. The van der Waals surface area contributed by atoms with Gasteiger partial charge in [-0.05, 0) is 24.6 Å². The summed E-state index contributed by atoms with van der Waals surface area (Å²) in [4.78, 5) is 9.17. The second kappa shape index (κ2) is 7.10. The van der Waals surface area contributed by atoms with E-state index in [0.29, 0.717) is 5.75 Å². The monoisotopic (exact) mass is 343 g/mol. The Labute approximate surface area is 153 Å². The molecule has 2 aromatic carbocycles. The van der Waals surface area contributed by atoms with Crippen molar-refractivity contribution in [2.24, 2.45) is 4.99 Å². The van der Waals surface area contributed by atoms with Crippen LogP contribution in [0.5, 0.6) is 5.75 Å². The highest BCUT2D eigenvalue weighted by Crippen LogP contribution is 2.34. The van der Waals surface area contributed by atoms with Crippen LogP contribution in [0.25, 0.3) is 0 Å². The lowest BCUT2D eigenvalue weighted by Gasteiger charge is -2.30. The van der Waals surface area contributed by atoms with E-state index in [1.54, 1.807) is 12.3 Å². The first-order chi connectivity index (χ1) is 12.7. The number of phenols is 1. The number of phenolic OH excluding ortho intramolecular Hbond substituents is 1. The van der Waals surface area contributed by atoms with E-state index in [9.17, 15) is 5.11 Å². The Kier molecular flexibility index (Phi) is 4.50.